The lowest BCUT2D eigenvalue weighted by molar-refractivity contribution is 0.0607. The standard InChI is InChI=1S/C18H23NO2/c1-3-16-10-4-5-12-19(16)18(21)17-11-6-8-15(14(17)2)9-7-13-20/h6,8,11,16,20H,3-5,10,12-13H2,1-2H3. The molecule has 3 nitrogen and oxygen atoms in total. The topological polar surface area (TPSA) is 40.5 Å². The average Bonchev–Trinajstić information content (AvgIpc) is 2.53. The lowest BCUT2D eigenvalue weighted by Gasteiger charge is -2.35. The molecule has 0 spiro atoms. The van der Waals surface area contributed by atoms with E-state index in [-0.39, 0.29) is 12.5 Å². The van der Waals surface area contributed by atoms with Crippen molar-refractivity contribution >= 4 is 5.91 Å². The van der Waals surface area contributed by atoms with E-state index in [1.54, 1.807) is 0 Å². The Morgan fingerprint density at radius 1 is 1.43 bits per heavy atom. The van der Waals surface area contributed by atoms with Crippen molar-refractivity contribution in [3.8, 4) is 11.8 Å². The second kappa shape index (κ2) is 7.28. The predicted octanol–water partition coefficient (Wildman–Crippen LogP) is 2.74. The molecule has 3 heteroatoms. The minimum absolute atomic E-state index is 0.117. The van der Waals surface area contributed by atoms with Crippen molar-refractivity contribution in [1.82, 2.24) is 4.90 Å². The third-order valence-corrected chi connectivity index (χ3v) is 4.23. The number of carbonyl (C=O) groups excluding carboxylic acids is 1. The maximum absolute atomic E-state index is 12.8. The zero-order chi connectivity index (χ0) is 15.2. The maximum Gasteiger partial charge on any atom is 0.254 e. The molecule has 1 aliphatic heterocycles. The fourth-order valence-electron chi connectivity index (χ4n) is 2.98. The quantitative estimate of drug-likeness (QED) is 0.849. The Balaban J connectivity index is 2.30. The van der Waals surface area contributed by atoms with Gasteiger partial charge in [0, 0.05) is 23.7 Å². The van der Waals surface area contributed by atoms with Crippen LogP contribution < -0.4 is 0 Å². The number of piperidine rings is 1. The summed E-state index contributed by atoms with van der Waals surface area (Å²) in [7, 11) is 0. The third-order valence-electron chi connectivity index (χ3n) is 4.23. The highest BCUT2D eigenvalue weighted by molar-refractivity contribution is 5.96. The molecule has 1 aliphatic rings. The van der Waals surface area contributed by atoms with Gasteiger partial charge in [-0.15, -0.1) is 0 Å². The van der Waals surface area contributed by atoms with Gasteiger partial charge in [0.15, 0.2) is 0 Å². The van der Waals surface area contributed by atoms with Gasteiger partial charge in [0.2, 0.25) is 0 Å². The monoisotopic (exact) mass is 285 g/mol. The predicted molar refractivity (Wildman–Crippen MR) is 84.1 cm³/mol. The molecule has 0 bridgehead atoms. The molecule has 1 amide bonds. The van der Waals surface area contributed by atoms with Gasteiger partial charge < -0.3 is 10.0 Å². The van der Waals surface area contributed by atoms with Gasteiger partial charge in [-0.1, -0.05) is 24.8 Å². The second-order valence-electron chi connectivity index (χ2n) is 5.49. The molecule has 112 valence electrons. The third kappa shape index (κ3) is 3.46. The molecule has 1 heterocycles. The molecule has 0 aliphatic carbocycles. The summed E-state index contributed by atoms with van der Waals surface area (Å²) in [6, 6.07) is 6.00. The van der Waals surface area contributed by atoms with E-state index in [0.717, 1.165) is 42.5 Å². The molecule has 0 radical (unpaired) electrons. The number of aliphatic hydroxyl groups excluding tert-OH is 1. The van der Waals surface area contributed by atoms with Crippen molar-refractivity contribution < 1.29 is 9.90 Å². The number of hydrogen-bond acceptors (Lipinski definition) is 2. The number of likely N-dealkylation sites (tertiary alicyclic amines) is 1. The van der Waals surface area contributed by atoms with Crippen LogP contribution in [0.5, 0.6) is 0 Å². The van der Waals surface area contributed by atoms with E-state index in [4.69, 9.17) is 5.11 Å². The number of hydrogen-bond donors (Lipinski definition) is 1. The number of rotatable bonds is 2. The molecule has 1 saturated heterocycles. The smallest absolute Gasteiger partial charge is 0.254 e. The van der Waals surface area contributed by atoms with Crippen molar-refractivity contribution in [3.63, 3.8) is 0 Å². The highest BCUT2D eigenvalue weighted by atomic mass is 16.2. The fourth-order valence-corrected chi connectivity index (χ4v) is 2.98. The summed E-state index contributed by atoms with van der Waals surface area (Å²) in [5, 5.41) is 8.82. The Hall–Kier alpha value is -1.79. The van der Waals surface area contributed by atoms with E-state index in [9.17, 15) is 4.79 Å². The van der Waals surface area contributed by atoms with E-state index in [2.05, 4.69) is 18.8 Å². The summed E-state index contributed by atoms with van der Waals surface area (Å²) in [6.45, 7) is 4.76. The highest BCUT2D eigenvalue weighted by Gasteiger charge is 2.27. The summed E-state index contributed by atoms with van der Waals surface area (Å²) >= 11 is 0. The molecule has 1 atom stereocenters. The van der Waals surface area contributed by atoms with Gasteiger partial charge in [0.1, 0.15) is 6.61 Å². The molecule has 1 N–H and O–H groups in total. The summed E-state index contributed by atoms with van der Waals surface area (Å²) in [5.74, 6) is 5.68. The first-order valence-electron chi connectivity index (χ1n) is 7.69. The zero-order valence-corrected chi connectivity index (χ0v) is 12.9. The van der Waals surface area contributed by atoms with Crippen molar-refractivity contribution in [3.05, 3.63) is 34.9 Å². The van der Waals surface area contributed by atoms with Crippen LogP contribution in [-0.2, 0) is 0 Å². The average molecular weight is 285 g/mol. The van der Waals surface area contributed by atoms with Crippen LogP contribution in [0.4, 0.5) is 0 Å². The van der Waals surface area contributed by atoms with Crippen molar-refractivity contribution in [2.75, 3.05) is 13.2 Å². The molecule has 0 aromatic heterocycles. The van der Waals surface area contributed by atoms with Gasteiger partial charge >= 0.3 is 0 Å². The fraction of sp³-hybridized carbons (Fsp3) is 0.500. The lowest BCUT2D eigenvalue weighted by Crippen LogP contribution is -2.43. The summed E-state index contributed by atoms with van der Waals surface area (Å²) in [4.78, 5) is 14.9. The molecular formula is C18H23NO2. The number of benzene rings is 1. The summed E-state index contributed by atoms with van der Waals surface area (Å²) in [6.07, 6.45) is 4.41. The number of amides is 1. The molecule has 1 aromatic carbocycles. The molecule has 1 aromatic rings. The van der Waals surface area contributed by atoms with E-state index in [1.807, 2.05) is 30.0 Å². The van der Waals surface area contributed by atoms with E-state index in [1.165, 1.54) is 6.42 Å². The minimum atomic E-state index is -0.165. The minimum Gasteiger partial charge on any atom is -0.384 e. The largest absolute Gasteiger partial charge is 0.384 e. The van der Waals surface area contributed by atoms with Gasteiger partial charge in [-0.3, -0.25) is 4.79 Å². The first kappa shape index (κ1) is 15.6. The highest BCUT2D eigenvalue weighted by Crippen LogP contribution is 2.23. The van der Waals surface area contributed by atoms with Crippen LogP contribution in [0.15, 0.2) is 18.2 Å². The number of aliphatic hydroxyl groups is 1. The summed E-state index contributed by atoms with van der Waals surface area (Å²) < 4.78 is 0. The van der Waals surface area contributed by atoms with E-state index < -0.39 is 0 Å². The molecule has 2 rings (SSSR count). The molecular weight excluding hydrogens is 262 g/mol. The van der Waals surface area contributed by atoms with Crippen LogP contribution in [-0.4, -0.2) is 35.1 Å². The van der Waals surface area contributed by atoms with Gasteiger partial charge in [-0.25, -0.2) is 0 Å². The molecule has 1 fully saturated rings. The van der Waals surface area contributed by atoms with Crippen LogP contribution in [0.1, 0.15) is 54.1 Å². The van der Waals surface area contributed by atoms with Crippen molar-refractivity contribution in [2.45, 2.75) is 45.6 Å². The maximum atomic E-state index is 12.8. The normalized spacial score (nSPS) is 18.0. The first-order valence-corrected chi connectivity index (χ1v) is 7.69. The Morgan fingerprint density at radius 3 is 2.95 bits per heavy atom. The molecule has 21 heavy (non-hydrogen) atoms. The van der Waals surface area contributed by atoms with Gasteiger partial charge in [0.05, 0.1) is 0 Å². The van der Waals surface area contributed by atoms with Crippen molar-refractivity contribution in [2.24, 2.45) is 0 Å². The lowest BCUT2D eigenvalue weighted by atomic mass is 9.96. The van der Waals surface area contributed by atoms with Gasteiger partial charge in [-0.2, -0.15) is 0 Å². The van der Waals surface area contributed by atoms with E-state index >= 15 is 0 Å². The van der Waals surface area contributed by atoms with Crippen molar-refractivity contribution in [1.29, 1.82) is 0 Å². The van der Waals surface area contributed by atoms with Crippen LogP contribution in [0.3, 0.4) is 0 Å². The number of carbonyl (C=O) groups is 1. The van der Waals surface area contributed by atoms with Crippen LogP contribution in [0, 0.1) is 18.8 Å². The Bertz CT molecular complexity index is 568. The van der Waals surface area contributed by atoms with E-state index in [0.29, 0.717) is 6.04 Å². The summed E-state index contributed by atoms with van der Waals surface area (Å²) in [5.41, 5.74) is 2.46. The Labute approximate surface area is 127 Å². The second-order valence-corrected chi connectivity index (χ2v) is 5.49. The van der Waals surface area contributed by atoms with Crippen LogP contribution in [0.25, 0.3) is 0 Å². The Morgan fingerprint density at radius 2 is 2.24 bits per heavy atom. The SMILES string of the molecule is CCC1CCCCN1C(=O)c1cccc(C#CCO)c1C. The van der Waals surface area contributed by atoms with Gasteiger partial charge in [-0.05, 0) is 50.3 Å². The zero-order valence-electron chi connectivity index (χ0n) is 12.9. The number of nitrogens with zero attached hydrogens (tertiary/aromatic N) is 1. The Kier molecular flexibility index (Phi) is 5.41. The van der Waals surface area contributed by atoms with Crippen LogP contribution >= 0.6 is 0 Å². The van der Waals surface area contributed by atoms with Crippen LogP contribution in [0.2, 0.25) is 0 Å². The molecule has 1 unspecified atom stereocenters. The van der Waals surface area contributed by atoms with Gasteiger partial charge in [0.25, 0.3) is 5.91 Å². The molecule has 0 saturated carbocycles. The first-order chi connectivity index (χ1) is 10.2.